The Labute approximate surface area is 107 Å². The van der Waals surface area contributed by atoms with Crippen LogP contribution in [0.4, 0.5) is 0 Å². The van der Waals surface area contributed by atoms with Gasteiger partial charge in [-0.2, -0.15) is 0 Å². The summed E-state index contributed by atoms with van der Waals surface area (Å²) in [5.41, 5.74) is 1.26. The molecule has 0 aromatic carbocycles. The van der Waals surface area contributed by atoms with Crippen LogP contribution in [0.25, 0.3) is 0 Å². The third-order valence-corrected chi connectivity index (χ3v) is 4.89. The Morgan fingerprint density at radius 1 is 1.41 bits per heavy atom. The van der Waals surface area contributed by atoms with E-state index in [0.29, 0.717) is 6.04 Å². The summed E-state index contributed by atoms with van der Waals surface area (Å²) >= 11 is 1.64. The number of amides is 1. The third kappa shape index (κ3) is 3.09. The number of aryl methyl sites for hydroxylation is 2. The molecule has 1 amide bonds. The smallest absolute Gasteiger partial charge is 0.261 e. The molecule has 3 heteroatoms. The zero-order valence-corrected chi connectivity index (χ0v) is 11.5. The summed E-state index contributed by atoms with van der Waals surface area (Å²) in [5.74, 6) is 0.129. The van der Waals surface area contributed by atoms with E-state index in [0.717, 1.165) is 24.1 Å². The van der Waals surface area contributed by atoms with E-state index in [1.54, 1.807) is 11.3 Å². The van der Waals surface area contributed by atoms with Crippen LogP contribution in [0.1, 0.15) is 59.1 Å². The molecule has 1 aromatic rings. The Morgan fingerprint density at radius 2 is 2.12 bits per heavy atom. The fraction of sp³-hybridized carbons (Fsp3) is 0.643. The molecular weight excluding hydrogens is 230 g/mol. The van der Waals surface area contributed by atoms with Crippen molar-refractivity contribution < 1.29 is 4.79 Å². The number of carbonyl (C=O) groups excluding carboxylic acids is 1. The normalized spacial score (nSPS) is 17.1. The molecule has 0 radical (unpaired) electrons. The van der Waals surface area contributed by atoms with Crippen LogP contribution < -0.4 is 5.32 Å². The minimum absolute atomic E-state index is 0.129. The lowest BCUT2D eigenvalue weighted by atomic mass is 9.95. The maximum absolute atomic E-state index is 12.1. The van der Waals surface area contributed by atoms with Crippen LogP contribution in [-0.4, -0.2) is 11.9 Å². The van der Waals surface area contributed by atoms with E-state index in [4.69, 9.17) is 0 Å². The average molecular weight is 251 g/mol. The molecule has 0 aliphatic heterocycles. The first-order valence-electron chi connectivity index (χ1n) is 6.61. The van der Waals surface area contributed by atoms with Gasteiger partial charge in [0.15, 0.2) is 0 Å². The molecule has 1 aliphatic carbocycles. The van der Waals surface area contributed by atoms with Gasteiger partial charge in [-0.3, -0.25) is 4.79 Å². The Hall–Kier alpha value is -0.830. The van der Waals surface area contributed by atoms with Crippen LogP contribution in [0, 0.1) is 6.92 Å². The van der Waals surface area contributed by atoms with Gasteiger partial charge < -0.3 is 5.32 Å². The van der Waals surface area contributed by atoms with Gasteiger partial charge in [-0.05, 0) is 37.8 Å². The Bertz CT molecular complexity index is 391. The first kappa shape index (κ1) is 12.6. The summed E-state index contributed by atoms with van der Waals surface area (Å²) < 4.78 is 0. The molecule has 1 aliphatic rings. The topological polar surface area (TPSA) is 29.1 Å². The number of thiophene rings is 1. The van der Waals surface area contributed by atoms with E-state index < -0.39 is 0 Å². The summed E-state index contributed by atoms with van der Waals surface area (Å²) in [4.78, 5) is 14.3. The molecule has 1 saturated carbocycles. The van der Waals surface area contributed by atoms with Crippen LogP contribution in [0.15, 0.2) is 6.07 Å². The standard InChI is InChI=1S/C14H21NOS/c1-3-12-10(2)9-13(17-12)14(16)15-11-7-5-4-6-8-11/h9,11H,3-8H2,1-2H3,(H,15,16). The van der Waals surface area contributed by atoms with Crippen LogP contribution in [0.3, 0.4) is 0 Å². The number of hydrogen-bond donors (Lipinski definition) is 1. The van der Waals surface area contributed by atoms with Crippen LogP contribution >= 0.6 is 11.3 Å². The molecule has 94 valence electrons. The predicted molar refractivity (Wildman–Crippen MR) is 72.8 cm³/mol. The second-order valence-electron chi connectivity index (χ2n) is 4.88. The Balaban J connectivity index is 1.98. The predicted octanol–water partition coefficient (Wildman–Crippen LogP) is 3.68. The quantitative estimate of drug-likeness (QED) is 0.872. The van der Waals surface area contributed by atoms with E-state index in [9.17, 15) is 4.79 Å². The van der Waals surface area contributed by atoms with Crippen LogP contribution in [0.5, 0.6) is 0 Å². The molecule has 0 atom stereocenters. The van der Waals surface area contributed by atoms with E-state index in [1.807, 2.05) is 6.07 Å². The van der Waals surface area contributed by atoms with E-state index in [2.05, 4.69) is 19.2 Å². The lowest BCUT2D eigenvalue weighted by Crippen LogP contribution is -2.35. The van der Waals surface area contributed by atoms with Gasteiger partial charge in [-0.1, -0.05) is 26.2 Å². The van der Waals surface area contributed by atoms with Gasteiger partial charge in [0.25, 0.3) is 5.91 Å². The monoisotopic (exact) mass is 251 g/mol. The number of carbonyl (C=O) groups is 1. The van der Waals surface area contributed by atoms with Crippen molar-refractivity contribution in [2.45, 2.75) is 58.4 Å². The summed E-state index contributed by atoms with van der Waals surface area (Å²) in [6.07, 6.45) is 7.16. The van der Waals surface area contributed by atoms with Crippen LogP contribution in [-0.2, 0) is 6.42 Å². The van der Waals surface area contributed by atoms with Crippen molar-refractivity contribution in [3.63, 3.8) is 0 Å². The van der Waals surface area contributed by atoms with Gasteiger partial charge in [0.2, 0.25) is 0 Å². The molecule has 1 N–H and O–H groups in total. The Morgan fingerprint density at radius 3 is 2.71 bits per heavy atom. The van der Waals surface area contributed by atoms with Crippen molar-refractivity contribution in [2.75, 3.05) is 0 Å². The Kier molecular flexibility index (Phi) is 4.21. The molecule has 1 fully saturated rings. The summed E-state index contributed by atoms with van der Waals surface area (Å²) in [5, 5.41) is 3.17. The van der Waals surface area contributed by atoms with Crippen LogP contribution in [0.2, 0.25) is 0 Å². The molecule has 2 rings (SSSR count). The number of hydrogen-bond acceptors (Lipinski definition) is 2. The largest absolute Gasteiger partial charge is 0.349 e. The van der Waals surface area contributed by atoms with Crippen molar-refractivity contribution >= 4 is 17.2 Å². The SMILES string of the molecule is CCc1sc(C(=O)NC2CCCCC2)cc1C. The zero-order valence-electron chi connectivity index (χ0n) is 10.7. The average Bonchev–Trinajstić information content (AvgIpc) is 2.72. The van der Waals surface area contributed by atoms with Crippen molar-refractivity contribution in [1.29, 1.82) is 0 Å². The van der Waals surface area contributed by atoms with Crippen molar-refractivity contribution in [3.05, 3.63) is 21.4 Å². The molecule has 0 spiro atoms. The first-order valence-corrected chi connectivity index (χ1v) is 7.42. The van der Waals surface area contributed by atoms with Crippen molar-refractivity contribution in [1.82, 2.24) is 5.32 Å². The highest BCUT2D eigenvalue weighted by molar-refractivity contribution is 7.14. The molecule has 0 bridgehead atoms. The molecule has 1 aromatic heterocycles. The minimum atomic E-state index is 0.129. The van der Waals surface area contributed by atoms with E-state index in [1.165, 1.54) is 29.7 Å². The molecule has 17 heavy (non-hydrogen) atoms. The highest BCUT2D eigenvalue weighted by Crippen LogP contribution is 2.23. The molecule has 2 nitrogen and oxygen atoms in total. The van der Waals surface area contributed by atoms with Gasteiger partial charge in [-0.25, -0.2) is 0 Å². The van der Waals surface area contributed by atoms with Gasteiger partial charge in [0.1, 0.15) is 0 Å². The molecule has 0 saturated heterocycles. The lowest BCUT2D eigenvalue weighted by Gasteiger charge is -2.22. The molecule has 0 unspecified atom stereocenters. The van der Waals surface area contributed by atoms with Gasteiger partial charge in [-0.15, -0.1) is 11.3 Å². The minimum Gasteiger partial charge on any atom is -0.349 e. The van der Waals surface area contributed by atoms with Crippen molar-refractivity contribution in [3.8, 4) is 0 Å². The molecular formula is C14H21NOS. The number of nitrogens with one attached hydrogen (secondary N) is 1. The summed E-state index contributed by atoms with van der Waals surface area (Å²) in [6, 6.07) is 2.44. The van der Waals surface area contributed by atoms with Gasteiger partial charge in [0.05, 0.1) is 4.88 Å². The second-order valence-corrected chi connectivity index (χ2v) is 6.02. The van der Waals surface area contributed by atoms with Gasteiger partial charge >= 0.3 is 0 Å². The zero-order chi connectivity index (χ0) is 12.3. The second kappa shape index (κ2) is 5.67. The first-order chi connectivity index (χ1) is 8.20. The summed E-state index contributed by atoms with van der Waals surface area (Å²) in [6.45, 7) is 4.23. The maximum atomic E-state index is 12.1. The highest BCUT2D eigenvalue weighted by Gasteiger charge is 2.18. The van der Waals surface area contributed by atoms with E-state index >= 15 is 0 Å². The summed E-state index contributed by atoms with van der Waals surface area (Å²) in [7, 11) is 0. The van der Waals surface area contributed by atoms with E-state index in [-0.39, 0.29) is 5.91 Å². The van der Waals surface area contributed by atoms with Gasteiger partial charge in [0, 0.05) is 10.9 Å². The fourth-order valence-corrected chi connectivity index (χ4v) is 3.50. The highest BCUT2D eigenvalue weighted by atomic mass is 32.1. The lowest BCUT2D eigenvalue weighted by molar-refractivity contribution is 0.0932. The number of rotatable bonds is 3. The van der Waals surface area contributed by atoms with Crippen molar-refractivity contribution in [2.24, 2.45) is 0 Å². The maximum Gasteiger partial charge on any atom is 0.261 e. The fourth-order valence-electron chi connectivity index (χ4n) is 2.49. The third-order valence-electron chi connectivity index (χ3n) is 3.51. The molecule has 1 heterocycles.